The number of carbonyl (C=O) groups is 2. The number of aromatic nitrogens is 2. The molecule has 3 rings (SSSR count). The van der Waals surface area contributed by atoms with Gasteiger partial charge in [-0.1, -0.05) is 12.8 Å². The van der Waals surface area contributed by atoms with E-state index in [0.717, 1.165) is 31.5 Å². The maximum Gasteiger partial charge on any atom is 0.248 e. The Kier molecular flexibility index (Phi) is 3.94. The van der Waals surface area contributed by atoms with Crippen molar-refractivity contribution in [3.8, 4) is 0 Å². The van der Waals surface area contributed by atoms with Gasteiger partial charge in [0.1, 0.15) is 11.9 Å². The van der Waals surface area contributed by atoms with Crippen LogP contribution in [0.4, 0.5) is 5.82 Å². The number of anilines is 1. The maximum absolute atomic E-state index is 12.4. The second-order valence-corrected chi connectivity index (χ2v) is 5.96. The smallest absolute Gasteiger partial charge is 0.248 e. The largest absolute Gasteiger partial charge is 0.331 e. The SMILES string of the molecule is CC(=O)N1CCCC1C(=O)Nc1ccnn1C1CCCC1. The van der Waals surface area contributed by atoms with Gasteiger partial charge in [0.05, 0.1) is 12.2 Å². The molecule has 1 aromatic rings. The third-order valence-electron chi connectivity index (χ3n) is 4.55. The highest BCUT2D eigenvalue weighted by atomic mass is 16.2. The number of rotatable bonds is 3. The Morgan fingerprint density at radius 3 is 2.71 bits per heavy atom. The third kappa shape index (κ3) is 2.80. The quantitative estimate of drug-likeness (QED) is 0.925. The monoisotopic (exact) mass is 290 g/mol. The standard InChI is InChI=1S/C15H22N4O2/c1-11(20)18-10-4-7-13(18)15(21)17-14-8-9-16-19(14)12-5-2-3-6-12/h8-9,12-13H,2-7,10H2,1H3,(H,17,21). The van der Waals surface area contributed by atoms with E-state index >= 15 is 0 Å². The van der Waals surface area contributed by atoms with Crippen LogP contribution in [-0.2, 0) is 9.59 Å². The van der Waals surface area contributed by atoms with E-state index in [1.807, 2.05) is 10.7 Å². The molecular formula is C15H22N4O2. The molecule has 1 aliphatic carbocycles. The number of hydrogen-bond acceptors (Lipinski definition) is 3. The van der Waals surface area contributed by atoms with E-state index in [-0.39, 0.29) is 17.9 Å². The molecule has 6 heteroatoms. The summed E-state index contributed by atoms with van der Waals surface area (Å²) in [5.74, 6) is 0.627. The molecule has 1 atom stereocenters. The lowest BCUT2D eigenvalue weighted by atomic mass is 10.2. The molecule has 1 N–H and O–H groups in total. The lowest BCUT2D eigenvalue weighted by Gasteiger charge is -2.23. The summed E-state index contributed by atoms with van der Waals surface area (Å²) in [7, 11) is 0. The van der Waals surface area contributed by atoms with Gasteiger partial charge in [0.25, 0.3) is 0 Å². The summed E-state index contributed by atoms with van der Waals surface area (Å²) in [6, 6.07) is 1.89. The first-order valence-electron chi connectivity index (χ1n) is 7.78. The summed E-state index contributed by atoms with van der Waals surface area (Å²) in [5.41, 5.74) is 0. The molecule has 21 heavy (non-hydrogen) atoms. The van der Waals surface area contributed by atoms with Gasteiger partial charge in [-0.05, 0) is 25.7 Å². The van der Waals surface area contributed by atoms with Crippen LogP contribution in [0, 0.1) is 0 Å². The van der Waals surface area contributed by atoms with Crippen LogP contribution in [0.2, 0.25) is 0 Å². The van der Waals surface area contributed by atoms with E-state index in [0.29, 0.717) is 12.6 Å². The molecule has 114 valence electrons. The Balaban J connectivity index is 1.70. The lowest BCUT2D eigenvalue weighted by molar-refractivity contribution is -0.134. The zero-order chi connectivity index (χ0) is 14.8. The Morgan fingerprint density at radius 2 is 2.00 bits per heavy atom. The number of nitrogens with one attached hydrogen (secondary N) is 1. The van der Waals surface area contributed by atoms with Gasteiger partial charge in [-0.2, -0.15) is 5.10 Å². The van der Waals surface area contributed by atoms with Crippen molar-refractivity contribution in [2.75, 3.05) is 11.9 Å². The summed E-state index contributed by atoms with van der Waals surface area (Å²) < 4.78 is 1.93. The number of amides is 2. The summed E-state index contributed by atoms with van der Waals surface area (Å²) in [5, 5.41) is 7.32. The minimum Gasteiger partial charge on any atom is -0.331 e. The minimum atomic E-state index is -0.338. The van der Waals surface area contributed by atoms with E-state index in [1.54, 1.807) is 11.1 Å². The minimum absolute atomic E-state index is 0.0306. The van der Waals surface area contributed by atoms with Gasteiger partial charge in [-0.15, -0.1) is 0 Å². The van der Waals surface area contributed by atoms with Gasteiger partial charge in [0, 0.05) is 19.5 Å². The summed E-state index contributed by atoms with van der Waals surface area (Å²) >= 11 is 0. The zero-order valence-corrected chi connectivity index (χ0v) is 12.4. The zero-order valence-electron chi connectivity index (χ0n) is 12.4. The average Bonchev–Trinajstić information content (AvgIpc) is 3.19. The number of likely N-dealkylation sites (tertiary alicyclic amines) is 1. The molecule has 0 radical (unpaired) electrons. The molecule has 1 saturated heterocycles. The molecule has 2 heterocycles. The predicted octanol–water partition coefficient (Wildman–Crippen LogP) is 1.95. The van der Waals surface area contributed by atoms with Crippen molar-refractivity contribution in [1.82, 2.24) is 14.7 Å². The van der Waals surface area contributed by atoms with Crippen LogP contribution in [0.3, 0.4) is 0 Å². The lowest BCUT2D eigenvalue weighted by Crippen LogP contribution is -2.42. The van der Waals surface area contributed by atoms with Crippen LogP contribution >= 0.6 is 0 Å². The van der Waals surface area contributed by atoms with E-state index in [9.17, 15) is 9.59 Å². The number of nitrogens with zero attached hydrogens (tertiary/aromatic N) is 3. The molecule has 1 aliphatic heterocycles. The van der Waals surface area contributed by atoms with Crippen LogP contribution in [0.5, 0.6) is 0 Å². The average molecular weight is 290 g/mol. The molecular weight excluding hydrogens is 268 g/mol. The Hall–Kier alpha value is -1.85. The Bertz CT molecular complexity index is 534. The highest BCUT2D eigenvalue weighted by Gasteiger charge is 2.33. The second kappa shape index (κ2) is 5.87. The topological polar surface area (TPSA) is 67.2 Å². The van der Waals surface area contributed by atoms with Crippen molar-refractivity contribution in [2.24, 2.45) is 0 Å². The normalized spacial score (nSPS) is 22.7. The van der Waals surface area contributed by atoms with Gasteiger partial charge >= 0.3 is 0 Å². The first kappa shape index (κ1) is 14.1. The highest BCUT2D eigenvalue weighted by Crippen LogP contribution is 2.31. The van der Waals surface area contributed by atoms with Gasteiger partial charge in [0.2, 0.25) is 11.8 Å². The van der Waals surface area contributed by atoms with Crippen molar-refractivity contribution >= 4 is 17.6 Å². The summed E-state index contributed by atoms with van der Waals surface area (Å²) in [4.78, 5) is 25.7. The Labute approximate surface area is 124 Å². The fourth-order valence-corrected chi connectivity index (χ4v) is 3.48. The molecule has 2 amide bonds. The fourth-order valence-electron chi connectivity index (χ4n) is 3.48. The first-order chi connectivity index (χ1) is 10.2. The van der Waals surface area contributed by atoms with Crippen molar-refractivity contribution in [3.05, 3.63) is 12.3 Å². The van der Waals surface area contributed by atoms with Crippen molar-refractivity contribution in [3.63, 3.8) is 0 Å². The van der Waals surface area contributed by atoms with Crippen LogP contribution in [0.25, 0.3) is 0 Å². The first-order valence-corrected chi connectivity index (χ1v) is 7.78. The second-order valence-electron chi connectivity index (χ2n) is 5.96. The van der Waals surface area contributed by atoms with Crippen LogP contribution in [-0.4, -0.2) is 39.1 Å². The highest BCUT2D eigenvalue weighted by molar-refractivity contribution is 5.96. The molecule has 2 aliphatic rings. The van der Waals surface area contributed by atoms with E-state index in [1.165, 1.54) is 19.8 Å². The summed E-state index contributed by atoms with van der Waals surface area (Å²) in [6.07, 6.45) is 8.03. The molecule has 0 spiro atoms. The van der Waals surface area contributed by atoms with Crippen LogP contribution in [0.15, 0.2) is 12.3 Å². The van der Waals surface area contributed by atoms with Crippen molar-refractivity contribution < 1.29 is 9.59 Å². The van der Waals surface area contributed by atoms with Crippen LogP contribution in [0.1, 0.15) is 51.5 Å². The molecule has 2 fully saturated rings. The predicted molar refractivity (Wildman–Crippen MR) is 78.8 cm³/mol. The number of hydrogen-bond donors (Lipinski definition) is 1. The van der Waals surface area contributed by atoms with Crippen molar-refractivity contribution in [1.29, 1.82) is 0 Å². The van der Waals surface area contributed by atoms with Gasteiger partial charge in [-0.3, -0.25) is 9.59 Å². The van der Waals surface area contributed by atoms with Gasteiger partial charge < -0.3 is 10.2 Å². The Morgan fingerprint density at radius 1 is 1.24 bits per heavy atom. The molecule has 1 unspecified atom stereocenters. The van der Waals surface area contributed by atoms with Crippen LogP contribution < -0.4 is 5.32 Å². The molecule has 6 nitrogen and oxygen atoms in total. The molecule has 0 bridgehead atoms. The maximum atomic E-state index is 12.4. The van der Waals surface area contributed by atoms with Crippen molar-refractivity contribution in [2.45, 2.75) is 57.5 Å². The van der Waals surface area contributed by atoms with E-state index in [2.05, 4.69) is 10.4 Å². The number of carbonyl (C=O) groups excluding carboxylic acids is 2. The third-order valence-corrected chi connectivity index (χ3v) is 4.55. The fraction of sp³-hybridized carbons (Fsp3) is 0.667. The molecule has 1 aromatic heterocycles. The summed E-state index contributed by atoms with van der Waals surface area (Å²) in [6.45, 7) is 2.20. The van der Waals surface area contributed by atoms with Gasteiger partial charge in [0.15, 0.2) is 0 Å². The van der Waals surface area contributed by atoms with Gasteiger partial charge in [-0.25, -0.2) is 4.68 Å². The van der Waals surface area contributed by atoms with E-state index < -0.39 is 0 Å². The van der Waals surface area contributed by atoms with E-state index in [4.69, 9.17) is 0 Å². The molecule has 1 saturated carbocycles. The molecule has 0 aromatic carbocycles.